The van der Waals surface area contributed by atoms with Crippen LogP contribution in [0.25, 0.3) is 0 Å². The number of rotatable bonds is 10. The molecule has 0 aromatic heterocycles. The van der Waals surface area contributed by atoms with Gasteiger partial charge < -0.3 is 26.2 Å². The molecule has 0 bridgehead atoms. The van der Waals surface area contributed by atoms with Crippen molar-refractivity contribution >= 4 is 23.4 Å². The Labute approximate surface area is 210 Å². The molecule has 0 radical (unpaired) electrons. The Kier molecular flexibility index (Phi) is 11.1. The molecule has 7 N–H and O–H groups in total. The fraction of sp³-hybridized carbons (Fsp3) is 0.346. The van der Waals surface area contributed by atoms with Gasteiger partial charge >= 0.3 is 0 Å². The topological polar surface area (TPSA) is 160 Å². The Balaban J connectivity index is 1.94. The van der Waals surface area contributed by atoms with Crippen molar-refractivity contribution in [1.29, 1.82) is 0 Å². The first-order valence-corrected chi connectivity index (χ1v) is 11.4. The number of anilines is 1. The van der Waals surface area contributed by atoms with Gasteiger partial charge in [-0.1, -0.05) is 25.7 Å². The van der Waals surface area contributed by atoms with Crippen LogP contribution in [0.5, 0.6) is 0 Å². The van der Waals surface area contributed by atoms with Crippen LogP contribution in [0.4, 0.5) is 5.69 Å². The molecule has 0 saturated carbocycles. The van der Waals surface area contributed by atoms with Gasteiger partial charge in [0.15, 0.2) is 0 Å². The lowest BCUT2D eigenvalue weighted by atomic mass is 10.1. The molecule has 0 spiro atoms. The van der Waals surface area contributed by atoms with Crippen molar-refractivity contribution < 1.29 is 29.8 Å². The maximum atomic E-state index is 12.3. The lowest BCUT2D eigenvalue weighted by Crippen LogP contribution is -2.51. The van der Waals surface area contributed by atoms with E-state index < -0.39 is 24.0 Å². The summed E-state index contributed by atoms with van der Waals surface area (Å²) in [6, 6.07) is 11.9. The van der Waals surface area contributed by atoms with Crippen molar-refractivity contribution in [1.82, 2.24) is 16.1 Å². The predicted octanol–water partition coefficient (Wildman–Crippen LogP) is 0.616. The van der Waals surface area contributed by atoms with Crippen LogP contribution in [-0.2, 0) is 9.59 Å². The minimum atomic E-state index is -1.30. The van der Waals surface area contributed by atoms with Gasteiger partial charge in [-0.3, -0.25) is 19.6 Å². The number of carbonyl (C=O) groups excluding carboxylic acids is 3. The minimum Gasteiger partial charge on any atom is -0.395 e. The van der Waals surface area contributed by atoms with E-state index >= 15 is 0 Å². The van der Waals surface area contributed by atoms with Gasteiger partial charge in [-0.15, -0.1) is 0 Å². The summed E-state index contributed by atoms with van der Waals surface area (Å²) in [4.78, 5) is 36.0. The second-order valence-electron chi connectivity index (χ2n) is 8.53. The van der Waals surface area contributed by atoms with E-state index in [-0.39, 0.29) is 36.6 Å². The van der Waals surface area contributed by atoms with Crippen LogP contribution >= 0.6 is 0 Å². The number of amides is 3. The lowest BCUT2D eigenvalue weighted by molar-refractivity contribution is -0.133. The number of hydrogen-bond donors (Lipinski definition) is 7. The van der Waals surface area contributed by atoms with Crippen molar-refractivity contribution in [3.05, 3.63) is 65.2 Å². The molecule has 2 aromatic carbocycles. The van der Waals surface area contributed by atoms with Crippen LogP contribution in [0, 0.1) is 17.8 Å². The van der Waals surface area contributed by atoms with Crippen LogP contribution < -0.4 is 21.4 Å². The smallest absolute Gasteiger partial charge is 0.268 e. The first-order valence-electron chi connectivity index (χ1n) is 11.4. The summed E-state index contributed by atoms with van der Waals surface area (Å²) in [5.74, 6) is 4.46. The molecular formula is C26H32N4O6. The number of hydrogen-bond acceptors (Lipinski definition) is 7. The molecule has 0 aliphatic rings. The molecule has 0 saturated heterocycles. The van der Waals surface area contributed by atoms with Gasteiger partial charge in [0.1, 0.15) is 6.04 Å². The Hall–Kier alpha value is -3.75. The summed E-state index contributed by atoms with van der Waals surface area (Å²) < 4.78 is 0. The van der Waals surface area contributed by atoms with Crippen LogP contribution in [0.3, 0.4) is 0 Å². The quantitative estimate of drug-likeness (QED) is 0.144. The number of nitrogens with one attached hydrogen (secondary N) is 4. The number of carbonyl (C=O) groups is 3. The monoisotopic (exact) mass is 496 g/mol. The molecule has 2 aromatic rings. The third-order valence-electron chi connectivity index (χ3n) is 5.35. The number of aliphatic hydroxyl groups is 2. The van der Waals surface area contributed by atoms with E-state index in [0.717, 1.165) is 5.56 Å². The first-order chi connectivity index (χ1) is 17.1. The highest BCUT2D eigenvalue weighted by Gasteiger charge is 2.25. The fourth-order valence-corrected chi connectivity index (χ4v) is 3.13. The highest BCUT2D eigenvalue weighted by Crippen LogP contribution is 2.10. The van der Waals surface area contributed by atoms with Gasteiger partial charge in [0.25, 0.3) is 11.8 Å². The Morgan fingerprint density at radius 1 is 0.917 bits per heavy atom. The SMILES string of the molecule is CC(C)C(CO)NCC(=O)Nc1ccc(C#Cc2ccc(C(=O)NC(C(=O)NO)C(C)O)cc2)cc1. The number of benzene rings is 2. The highest BCUT2D eigenvalue weighted by molar-refractivity contribution is 5.97. The van der Waals surface area contributed by atoms with Gasteiger partial charge in [0, 0.05) is 28.4 Å². The maximum absolute atomic E-state index is 12.3. The average molecular weight is 497 g/mol. The second-order valence-corrected chi connectivity index (χ2v) is 8.53. The minimum absolute atomic E-state index is 0.0406. The van der Waals surface area contributed by atoms with Crippen molar-refractivity contribution in [2.24, 2.45) is 5.92 Å². The Bertz CT molecular complexity index is 1090. The van der Waals surface area contributed by atoms with Crippen molar-refractivity contribution in [2.45, 2.75) is 39.0 Å². The summed E-state index contributed by atoms with van der Waals surface area (Å²) in [5.41, 5.74) is 3.66. The standard InChI is InChI=1S/C26H32N4O6/c1-16(2)22(15-31)27-14-23(33)28-21-12-8-19(9-13-21)5-4-18-6-10-20(11-7-18)25(34)29-24(17(3)32)26(35)30-36/h6-13,16-17,22,24,27,31-32,36H,14-15H2,1-3H3,(H,28,33)(H,29,34)(H,30,35). The van der Waals surface area contributed by atoms with E-state index in [9.17, 15) is 24.6 Å². The molecule has 0 aliphatic carbocycles. The van der Waals surface area contributed by atoms with Crippen molar-refractivity contribution in [3.63, 3.8) is 0 Å². The predicted molar refractivity (Wildman–Crippen MR) is 134 cm³/mol. The van der Waals surface area contributed by atoms with Gasteiger partial charge in [-0.05, 0) is 61.4 Å². The molecule has 192 valence electrons. The maximum Gasteiger partial charge on any atom is 0.268 e. The van der Waals surface area contributed by atoms with E-state index in [1.54, 1.807) is 36.4 Å². The van der Waals surface area contributed by atoms with Gasteiger partial charge in [-0.2, -0.15) is 0 Å². The van der Waals surface area contributed by atoms with Crippen LogP contribution in [-0.4, -0.2) is 64.5 Å². The molecule has 3 atom stereocenters. The summed E-state index contributed by atoms with van der Waals surface area (Å²) >= 11 is 0. The molecule has 0 fully saturated rings. The molecule has 2 rings (SSSR count). The highest BCUT2D eigenvalue weighted by atomic mass is 16.5. The number of aliphatic hydroxyl groups excluding tert-OH is 2. The summed E-state index contributed by atoms with van der Waals surface area (Å²) in [5, 5.41) is 35.9. The third kappa shape index (κ3) is 8.79. The Morgan fingerprint density at radius 3 is 1.94 bits per heavy atom. The molecule has 10 nitrogen and oxygen atoms in total. The zero-order valence-corrected chi connectivity index (χ0v) is 20.4. The number of hydroxylamine groups is 1. The molecule has 3 unspecified atom stereocenters. The zero-order valence-electron chi connectivity index (χ0n) is 20.4. The normalized spacial score (nSPS) is 13.1. The van der Waals surface area contributed by atoms with E-state index in [1.165, 1.54) is 24.5 Å². The molecule has 0 heterocycles. The fourth-order valence-electron chi connectivity index (χ4n) is 3.13. The zero-order chi connectivity index (χ0) is 26.7. The van der Waals surface area contributed by atoms with Crippen LogP contribution in [0.2, 0.25) is 0 Å². The van der Waals surface area contributed by atoms with Crippen LogP contribution in [0.1, 0.15) is 42.3 Å². The summed E-state index contributed by atoms with van der Waals surface area (Å²) in [6.45, 7) is 5.30. The lowest BCUT2D eigenvalue weighted by Gasteiger charge is -2.19. The first kappa shape index (κ1) is 28.5. The third-order valence-corrected chi connectivity index (χ3v) is 5.35. The van der Waals surface area contributed by atoms with E-state index in [1.807, 2.05) is 13.8 Å². The molecular weight excluding hydrogens is 464 g/mol. The molecule has 10 heteroatoms. The van der Waals surface area contributed by atoms with Gasteiger partial charge in [0.2, 0.25) is 5.91 Å². The van der Waals surface area contributed by atoms with Crippen molar-refractivity contribution in [2.75, 3.05) is 18.5 Å². The second kappa shape index (κ2) is 14.0. The average Bonchev–Trinajstić information content (AvgIpc) is 2.86. The summed E-state index contributed by atoms with van der Waals surface area (Å²) in [7, 11) is 0. The molecule has 0 aliphatic heterocycles. The largest absolute Gasteiger partial charge is 0.395 e. The molecule has 3 amide bonds. The van der Waals surface area contributed by atoms with Crippen molar-refractivity contribution in [3.8, 4) is 11.8 Å². The Morgan fingerprint density at radius 2 is 1.47 bits per heavy atom. The van der Waals surface area contributed by atoms with E-state index in [4.69, 9.17) is 5.21 Å². The molecule has 36 heavy (non-hydrogen) atoms. The van der Waals surface area contributed by atoms with E-state index in [0.29, 0.717) is 11.3 Å². The van der Waals surface area contributed by atoms with E-state index in [2.05, 4.69) is 27.8 Å². The summed E-state index contributed by atoms with van der Waals surface area (Å²) in [6.07, 6.45) is -1.20. The van der Waals surface area contributed by atoms with Gasteiger partial charge in [-0.25, -0.2) is 5.48 Å². The van der Waals surface area contributed by atoms with Crippen LogP contribution in [0.15, 0.2) is 48.5 Å². The van der Waals surface area contributed by atoms with Gasteiger partial charge in [0.05, 0.1) is 19.3 Å².